The van der Waals surface area contributed by atoms with E-state index >= 15 is 0 Å². The number of hydrogen-bond acceptors (Lipinski definition) is 3. The fourth-order valence-corrected chi connectivity index (χ4v) is 3.30. The van der Waals surface area contributed by atoms with Gasteiger partial charge in [0, 0.05) is 25.2 Å². The van der Waals surface area contributed by atoms with Crippen LogP contribution < -0.4 is 5.32 Å². The number of ether oxygens (including phenoxy) is 1. The minimum Gasteiger partial charge on any atom is -0.444 e. The van der Waals surface area contributed by atoms with Crippen LogP contribution in [0.15, 0.2) is 0 Å². The van der Waals surface area contributed by atoms with E-state index in [1.54, 1.807) is 0 Å². The van der Waals surface area contributed by atoms with Gasteiger partial charge >= 0.3 is 6.09 Å². The number of rotatable bonds is 4. The quantitative estimate of drug-likeness (QED) is 0.862. The third kappa shape index (κ3) is 5.50. The normalized spacial score (nSPS) is 25.3. The average molecular weight is 296 g/mol. The Morgan fingerprint density at radius 1 is 1.29 bits per heavy atom. The summed E-state index contributed by atoms with van der Waals surface area (Å²) in [5.74, 6) is 0.929. The summed E-state index contributed by atoms with van der Waals surface area (Å²) in [6.07, 6.45) is 7.56. The van der Waals surface area contributed by atoms with Crippen molar-refractivity contribution in [2.24, 2.45) is 5.92 Å². The van der Waals surface area contributed by atoms with Crippen molar-refractivity contribution in [3.63, 3.8) is 0 Å². The molecule has 1 aliphatic carbocycles. The summed E-state index contributed by atoms with van der Waals surface area (Å²) in [4.78, 5) is 14.0. The molecule has 2 fully saturated rings. The zero-order chi connectivity index (χ0) is 15.5. The van der Waals surface area contributed by atoms with Gasteiger partial charge in [0.25, 0.3) is 0 Å². The van der Waals surface area contributed by atoms with Gasteiger partial charge < -0.3 is 15.0 Å². The molecule has 0 aromatic carbocycles. The zero-order valence-electron chi connectivity index (χ0n) is 14.2. The molecule has 0 bridgehead atoms. The number of likely N-dealkylation sites (tertiary alicyclic amines) is 1. The second-order valence-corrected chi connectivity index (χ2v) is 7.87. The van der Waals surface area contributed by atoms with Crippen LogP contribution in [0.2, 0.25) is 0 Å². The molecule has 21 heavy (non-hydrogen) atoms. The van der Waals surface area contributed by atoms with Gasteiger partial charge in [-0.05, 0) is 52.9 Å². The molecule has 122 valence electrons. The van der Waals surface area contributed by atoms with Crippen molar-refractivity contribution in [1.82, 2.24) is 10.2 Å². The van der Waals surface area contributed by atoms with Crippen LogP contribution in [0.5, 0.6) is 0 Å². The van der Waals surface area contributed by atoms with E-state index in [1.165, 1.54) is 25.7 Å². The molecular weight excluding hydrogens is 264 g/mol. The number of amides is 1. The van der Waals surface area contributed by atoms with Crippen LogP contribution in [0.25, 0.3) is 0 Å². The van der Waals surface area contributed by atoms with Crippen LogP contribution >= 0.6 is 0 Å². The van der Waals surface area contributed by atoms with Crippen molar-refractivity contribution in [1.29, 1.82) is 0 Å². The molecule has 0 aromatic heterocycles. The first kappa shape index (κ1) is 16.6. The molecule has 2 atom stereocenters. The smallest absolute Gasteiger partial charge is 0.410 e. The maximum absolute atomic E-state index is 12.2. The van der Waals surface area contributed by atoms with E-state index in [0.717, 1.165) is 31.8 Å². The molecule has 0 aromatic rings. The highest BCUT2D eigenvalue weighted by Crippen LogP contribution is 2.30. The van der Waals surface area contributed by atoms with Gasteiger partial charge in [0.15, 0.2) is 0 Å². The van der Waals surface area contributed by atoms with Gasteiger partial charge in [0.1, 0.15) is 5.60 Å². The Kier molecular flexibility index (Phi) is 5.53. The summed E-state index contributed by atoms with van der Waals surface area (Å²) < 4.78 is 5.48. The van der Waals surface area contributed by atoms with Crippen LogP contribution in [0.1, 0.15) is 66.2 Å². The van der Waals surface area contributed by atoms with Gasteiger partial charge in [-0.15, -0.1) is 0 Å². The van der Waals surface area contributed by atoms with E-state index in [1.807, 2.05) is 25.7 Å². The standard InChI is InChI=1S/C17H32N2O2/c1-13(11-14-7-5-8-14)18-15-9-6-10-19(12-15)16(20)21-17(2,3)4/h13-15,18H,5-12H2,1-4H3. The predicted molar refractivity (Wildman–Crippen MR) is 85.4 cm³/mol. The molecular formula is C17H32N2O2. The predicted octanol–water partition coefficient (Wildman–Crippen LogP) is 3.55. The van der Waals surface area contributed by atoms with Crippen molar-refractivity contribution in [3.8, 4) is 0 Å². The molecule has 1 saturated carbocycles. The van der Waals surface area contributed by atoms with Gasteiger partial charge in [0.2, 0.25) is 0 Å². The van der Waals surface area contributed by atoms with Crippen molar-refractivity contribution in [2.45, 2.75) is 83.9 Å². The summed E-state index contributed by atoms with van der Waals surface area (Å²) >= 11 is 0. The third-order valence-electron chi connectivity index (χ3n) is 4.50. The molecule has 1 saturated heterocycles. The SMILES string of the molecule is CC(CC1CCC1)NC1CCCN(C(=O)OC(C)(C)C)C1. The first-order valence-corrected chi connectivity index (χ1v) is 8.57. The van der Waals surface area contributed by atoms with Crippen molar-refractivity contribution < 1.29 is 9.53 Å². The van der Waals surface area contributed by atoms with E-state index in [0.29, 0.717) is 12.1 Å². The Hall–Kier alpha value is -0.770. The third-order valence-corrected chi connectivity index (χ3v) is 4.50. The van der Waals surface area contributed by atoms with Gasteiger partial charge in [-0.2, -0.15) is 0 Å². The van der Waals surface area contributed by atoms with E-state index in [9.17, 15) is 4.79 Å². The number of piperidine rings is 1. The minimum absolute atomic E-state index is 0.166. The monoisotopic (exact) mass is 296 g/mol. The summed E-state index contributed by atoms with van der Waals surface area (Å²) in [6, 6.07) is 0.972. The van der Waals surface area contributed by atoms with Gasteiger partial charge in [0.05, 0.1) is 0 Å². The summed E-state index contributed by atoms with van der Waals surface area (Å²) in [7, 11) is 0. The Labute approximate surface area is 129 Å². The maximum atomic E-state index is 12.2. The number of nitrogens with zero attached hydrogens (tertiary/aromatic N) is 1. The molecule has 1 N–H and O–H groups in total. The van der Waals surface area contributed by atoms with Crippen molar-refractivity contribution in [2.75, 3.05) is 13.1 Å². The maximum Gasteiger partial charge on any atom is 0.410 e. The van der Waals surface area contributed by atoms with Crippen LogP contribution in [0.4, 0.5) is 4.79 Å². The first-order chi connectivity index (χ1) is 9.83. The van der Waals surface area contributed by atoms with E-state index in [2.05, 4.69) is 12.2 Å². The summed E-state index contributed by atoms with van der Waals surface area (Å²) in [5, 5.41) is 3.72. The van der Waals surface area contributed by atoms with Gasteiger partial charge in [-0.3, -0.25) is 0 Å². The van der Waals surface area contributed by atoms with E-state index in [4.69, 9.17) is 4.74 Å². The second kappa shape index (κ2) is 6.99. The Bertz CT molecular complexity index is 347. The molecule has 2 rings (SSSR count). The molecule has 1 aliphatic heterocycles. The van der Waals surface area contributed by atoms with Gasteiger partial charge in [-0.1, -0.05) is 19.3 Å². The van der Waals surface area contributed by atoms with Crippen LogP contribution in [-0.4, -0.2) is 41.8 Å². The van der Waals surface area contributed by atoms with E-state index < -0.39 is 5.60 Å². The first-order valence-electron chi connectivity index (χ1n) is 8.57. The number of carbonyl (C=O) groups is 1. The lowest BCUT2D eigenvalue weighted by Gasteiger charge is -2.37. The molecule has 0 radical (unpaired) electrons. The Morgan fingerprint density at radius 2 is 2.00 bits per heavy atom. The topological polar surface area (TPSA) is 41.6 Å². The number of carbonyl (C=O) groups excluding carboxylic acids is 1. The largest absolute Gasteiger partial charge is 0.444 e. The fraction of sp³-hybridized carbons (Fsp3) is 0.941. The molecule has 1 amide bonds. The molecule has 1 heterocycles. The Balaban J connectivity index is 1.75. The fourth-order valence-electron chi connectivity index (χ4n) is 3.30. The van der Waals surface area contributed by atoms with Gasteiger partial charge in [-0.25, -0.2) is 4.79 Å². The Morgan fingerprint density at radius 3 is 2.57 bits per heavy atom. The highest BCUT2D eigenvalue weighted by Gasteiger charge is 2.28. The summed E-state index contributed by atoms with van der Waals surface area (Å²) in [5.41, 5.74) is -0.408. The number of nitrogens with one attached hydrogen (secondary N) is 1. The van der Waals surface area contributed by atoms with Crippen LogP contribution in [0.3, 0.4) is 0 Å². The highest BCUT2D eigenvalue weighted by molar-refractivity contribution is 5.68. The zero-order valence-corrected chi connectivity index (χ0v) is 14.2. The van der Waals surface area contributed by atoms with Crippen molar-refractivity contribution >= 4 is 6.09 Å². The lowest BCUT2D eigenvalue weighted by Crippen LogP contribution is -2.51. The average Bonchev–Trinajstić information content (AvgIpc) is 2.32. The molecule has 0 spiro atoms. The molecule has 4 nitrogen and oxygen atoms in total. The molecule has 4 heteroatoms. The second-order valence-electron chi connectivity index (χ2n) is 7.87. The lowest BCUT2D eigenvalue weighted by atomic mass is 9.81. The van der Waals surface area contributed by atoms with Crippen LogP contribution in [0, 0.1) is 5.92 Å². The van der Waals surface area contributed by atoms with Crippen molar-refractivity contribution in [3.05, 3.63) is 0 Å². The molecule has 2 unspecified atom stereocenters. The molecule has 2 aliphatic rings. The van der Waals surface area contributed by atoms with E-state index in [-0.39, 0.29) is 6.09 Å². The lowest BCUT2D eigenvalue weighted by molar-refractivity contribution is 0.0182. The van der Waals surface area contributed by atoms with Crippen LogP contribution in [-0.2, 0) is 4.74 Å². The highest BCUT2D eigenvalue weighted by atomic mass is 16.6. The minimum atomic E-state index is -0.408. The number of hydrogen-bond donors (Lipinski definition) is 1. The summed E-state index contributed by atoms with van der Waals surface area (Å²) in [6.45, 7) is 9.65.